The lowest BCUT2D eigenvalue weighted by Crippen LogP contribution is -2.15. The number of rotatable bonds is 11. The zero-order valence-corrected chi connectivity index (χ0v) is 21.7. The van der Waals surface area contributed by atoms with E-state index in [9.17, 15) is 4.79 Å². The second-order valence-electron chi connectivity index (χ2n) is 7.34. The molecular weight excluding hydrogens is 499 g/mol. The topological polar surface area (TPSA) is 87.5 Å². The molecule has 0 saturated carbocycles. The minimum absolute atomic E-state index is 0.152. The van der Waals surface area contributed by atoms with Crippen LogP contribution in [0.25, 0.3) is 0 Å². The van der Waals surface area contributed by atoms with E-state index in [4.69, 9.17) is 37.4 Å². The summed E-state index contributed by atoms with van der Waals surface area (Å²) in [5.74, 6) is 2.46. The number of nitrogens with zero attached hydrogens (tertiary/aromatic N) is 3. The number of hydrogen-bond donors (Lipinski definition) is 1. The van der Waals surface area contributed by atoms with E-state index in [1.54, 1.807) is 12.1 Å². The van der Waals surface area contributed by atoms with Crippen molar-refractivity contribution in [1.29, 1.82) is 0 Å². The van der Waals surface area contributed by atoms with Gasteiger partial charge in [-0.3, -0.25) is 4.79 Å². The number of methoxy groups -OCH3 is 2. The van der Waals surface area contributed by atoms with Crippen LogP contribution in [-0.4, -0.2) is 47.3 Å². The number of anilines is 1. The van der Waals surface area contributed by atoms with Gasteiger partial charge in [0.15, 0.2) is 5.16 Å². The molecule has 182 valence electrons. The maximum atomic E-state index is 12.5. The molecule has 1 N–H and O–H groups in total. The van der Waals surface area contributed by atoms with Gasteiger partial charge in [0.05, 0.1) is 37.3 Å². The van der Waals surface area contributed by atoms with Crippen LogP contribution in [0.3, 0.4) is 0 Å². The predicted octanol–water partition coefficient (Wildman–Crippen LogP) is 5.19. The quantitative estimate of drug-likeness (QED) is 0.272. The molecule has 0 bridgehead atoms. The molecular formula is C23H26Cl2N4O4S. The van der Waals surface area contributed by atoms with Crippen molar-refractivity contribution in [2.24, 2.45) is 7.05 Å². The number of carbonyl (C=O) groups excluding carboxylic acids is 1. The van der Waals surface area contributed by atoms with E-state index in [0.29, 0.717) is 45.4 Å². The SMILES string of the molecule is COc1cc(NC(=O)CSc2nnc(CCCOc3ccc(Cl)cc3C)n2C)c(OC)cc1Cl. The molecule has 0 saturated heterocycles. The van der Waals surface area contributed by atoms with E-state index in [2.05, 4.69) is 15.5 Å². The lowest BCUT2D eigenvalue weighted by molar-refractivity contribution is -0.113. The Morgan fingerprint density at radius 2 is 1.85 bits per heavy atom. The Balaban J connectivity index is 1.50. The molecule has 0 unspecified atom stereocenters. The molecule has 3 rings (SSSR count). The average Bonchev–Trinajstić information content (AvgIpc) is 3.16. The van der Waals surface area contributed by atoms with Gasteiger partial charge in [0.2, 0.25) is 5.91 Å². The third kappa shape index (κ3) is 6.71. The van der Waals surface area contributed by atoms with Crippen LogP contribution in [-0.2, 0) is 18.3 Å². The number of halogens is 2. The zero-order valence-electron chi connectivity index (χ0n) is 19.4. The van der Waals surface area contributed by atoms with Gasteiger partial charge in [-0.1, -0.05) is 35.0 Å². The van der Waals surface area contributed by atoms with Gasteiger partial charge >= 0.3 is 0 Å². The Hall–Kier alpha value is -2.62. The molecule has 3 aromatic rings. The van der Waals surface area contributed by atoms with Crippen LogP contribution in [0.1, 0.15) is 17.8 Å². The molecule has 0 aliphatic heterocycles. The highest BCUT2D eigenvalue weighted by atomic mass is 35.5. The van der Waals surface area contributed by atoms with Gasteiger partial charge in [-0.25, -0.2) is 0 Å². The Bertz CT molecular complexity index is 1160. The molecule has 8 nitrogen and oxygen atoms in total. The van der Waals surface area contributed by atoms with Crippen molar-refractivity contribution in [1.82, 2.24) is 14.8 Å². The van der Waals surface area contributed by atoms with Crippen LogP contribution in [0.2, 0.25) is 10.0 Å². The third-order valence-electron chi connectivity index (χ3n) is 4.94. The highest BCUT2D eigenvalue weighted by Crippen LogP contribution is 2.36. The first kappa shape index (κ1) is 26.0. The first-order valence-corrected chi connectivity index (χ1v) is 12.2. The van der Waals surface area contributed by atoms with E-state index in [0.717, 1.165) is 23.6 Å². The predicted molar refractivity (Wildman–Crippen MR) is 135 cm³/mol. The maximum Gasteiger partial charge on any atom is 0.234 e. The van der Waals surface area contributed by atoms with Crippen LogP contribution < -0.4 is 19.5 Å². The van der Waals surface area contributed by atoms with Gasteiger partial charge in [0.1, 0.15) is 23.1 Å². The molecule has 0 atom stereocenters. The van der Waals surface area contributed by atoms with Crippen LogP contribution >= 0.6 is 35.0 Å². The summed E-state index contributed by atoms with van der Waals surface area (Å²) in [4.78, 5) is 12.5. The van der Waals surface area contributed by atoms with Crippen LogP contribution in [0.4, 0.5) is 5.69 Å². The van der Waals surface area contributed by atoms with Crippen molar-refractivity contribution in [2.45, 2.75) is 24.9 Å². The second-order valence-corrected chi connectivity index (χ2v) is 9.13. The van der Waals surface area contributed by atoms with Crippen LogP contribution in [0.15, 0.2) is 35.5 Å². The second kappa shape index (κ2) is 12.2. The van der Waals surface area contributed by atoms with E-state index in [1.165, 1.54) is 26.0 Å². The third-order valence-corrected chi connectivity index (χ3v) is 6.50. The Morgan fingerprint density at radius 3 is 2.56 bits per heavy atom. The van der Waals surface area contributed by atoms with Crippen molar-refractivity contribution >= 4 is 46.6 Å². The molecule has 34 heavy (non-hydrogen) atoms. The fourth-order valence-electron chi connectivity index (χ4n) is 3.15. The number of hydrogen-bond acceptors (Lipinski definition) is 7. The number of ether oxygens (including phenoxy) is 3. The molecule has 0 radical (unpaired) electrons. The fraction of sp³-hybridized carbons (Fsp3) is 0.348. The van der Waals surface area contributed by atoms with Crippen LogP contribution in [0, 0.1) is 6.92 Å². The summed E-state index contributed by atoms with van der Waals surface area (Å²) in [7, 11) is 4.89. The van der Waals surface area contributed by atoms with E-state index in [-0.39, 0.29) is 11.7 Å². The summed E-state index contributed by atoms with van der Waals surface area (Å²) < 4.78 is 18.2. The maximum absolute atomic E-state index is 12.5. The lowest BCUT2D eigenvalue weighted by atomic mass is 10.2. The monoisotopic (exact) mass is 524 g/mol. The first-order chi connectivity index (χ1) is 16.3. The van der Waals surface area contributed by atoms with Gasteiger partial charge < -0.3 is 24.1 Å². The fourth-order valence-corrected chi connectivity index (χ4v) is 4.34. The highest BCUT2D eigenvalue weighted by Gasteiger charge is 2.15. The summed E-state index contributed by atoms with van der Waals surface area (Å²) in [6.45, 7) is 2.51. The number of aryl methyl sites for hydroxylation is 2. The van der Waals surface area contributed by atoms with Gasteiger partial charge in [-0.15, -0.1) is 10.2 Å². The Labute approximate surface area is 212 Å². The first-order valence-electron chi connectivity index (χ1n) is 10.4. The summed E-state index contributed by atoms with van der Waals surface area (Å²) in [5.41, 5.74) is 1.47. The molecule has 2 aromatic carbocycles. The van der Waals surface area contributed by atoms with Gasteiger partial charge in [-0.2, -0.15) is 0 Å². The molecule has 0 fully saturated rings. The minimum atomic E-state index is -0.219. The number of amides is 1. The smallest absolute Gasteiger partial charge is 0.234 e. The van der Waals surface area contributed by atoms with E-state index < -0.39 is 0 Å². The number of nitrogens with one attached hydrogen (secondary N) is 1. The minimum Gasteiger partial charge on any atom is -0.495 e. The number of carbonyl (C=O) groups is 1. The summed E-state index contributed by atoms with van der Waals surface area (Å²) >= 11 is 13.4. The number of thioether (sulfide) groups is 1. The molecule has 11 heteroatoms. The van der Waals surface area contributed by atoms with Crippen molar-refractivity contribution in [2.75, 3.05) is 31.9 Å². The van der Waals surface area contributed by atoms with Gasteiger partial charge in [0, 0.05) is 30.6 Å². The highest BCUT2D eigenvalue weighted by molar-refractivity contribution is 7.99. The summed E-state index contributed by atoms with van der Waals surface area (Å²) in [6, 6.07) is 8.77. The number of aromatic nitrogens is 3. The average molecular weight is 525 g/mol. The van der Waals surface area contributed by atoms with Crippen molar-refractivity contribution < 1.29 is 19.0 Å². The summed E-state index contributed by atoms with van der Waals surface area (Å²) in [6.07, 6.45) is 1.47. The Morgan fingerprint density at radius 1 is 1.09 bits per heavy atom. The standard InChI is InChI=1S/C23H26Cl2N4O4S/c1-14-10-15(24)7-8-18(14)33-9-5-6-21-27-28-23(29(21)2)34-13-22(30)26-17-12-19(31-3)16(25)11-20(17)32-4/h7-8,10-12H,5-6,9,13H2,1-4H3,(H,26,30). The van der Waals surface area contributed by atoms with Crippen molar-refractivity contribution in [3.8, 4) is 17.2 Å². The van der Waals surface area contributed by atoms with Crippen molar-refractivity contribution in [3.05, 3.63) is 51.8 Å². The molecule has 1 aromatic heterocycles. The lowest BCUT2D eigenvalue weighted by Gasteiger charge is -2.13. The van der Waals surface area contributed by atoms with Crippen LogP contribution in [0.5, 0.6) is 17.2 Å². The largest absolute Gasteiger partial charge is 0.495 e. The molecule has 0 aliphatic rings. The van der Waals surface area contributed by atoms with Crippen molar-refractivity contribution in [3.63, 3.8) is 0 Å². The molecule has 1 amide bonds. The molecule has 0 spiro atoms. The number of benzene rings is 2. The molecule has 0 aliphatic carbocycles. The summed E-state index contributed by atoms with van der Waals surface area (Å²) in [5, 5.41) is 13.0. The van der Waals surface area contributed by atoms with Gasteiger partial charge in [-0.05, 0) is 37.1 Å². The van der Waals surface area contributed by atoms with E-state index >= 15 is 0 Å². The molecule has 1 heterocycles. The van der Waals surface area contributed by atoms with E-state index in [1.807, 2.05) is 36.7 Å². The zero-order chi connectivity index (χ0) is 24.7. The Kier molecular flexibility index (Phi) is 9.32. The van der Waals surface area contributed by atoms with Gasteiger partial charge in [0.25, 0.3) is 0 Å². The normalized spacial score (nSPS) is 10.8.